The summed E-state index contributed by atoms with van der Waals surface area (Å²) in [5, 5.41) is 4.54. The highest BCUT2D eigenvalue weighted by molar-refractivity contribution is 6.11. The molecule has 0 radical (unpaired) electrons. The maximum atomic E-state index is 13.6. The lowest BCUT2D eigenvalue weighted by molar-refractivity contribution is 0.0733. The molecule has 1 N–H and O–H groups in total. The van der Waals surface area contributed by atoms with E-state index in [1.165, 1.54) is 12.8 Å². The second-order valence-electron chi connectivity index (χ2n) is 9.35. The summed E-state index contributed by atoms with van der Waals surface area (Å²) in [6.07, 6.45) is 7.40. The first-order chi connectivity index (χ1) is 14.5. The number of aromatic nitrogens is 2. The number of nitrogens with one attached hydrogen (secondary N) is 1. The average molecular weight is 402 g/mol. The Labute approximate surface area is 175 Å². The molecule has 0 unspecified atom stereocenters. The largest absolute Gasteiger partial charge is 0.460 e. The van der Waals surface area contributed by atoms with Gasteiger partial charge in [0.2, 0.25) is 0 Å². The molecule has 2 aliphatic carbocycles. The van der Waals surface area contributed by atoms with E-state index in [1.54, 1.807) is 0 Å². The van der Waals surface area contributed by atoms with Crippen molar-refractivity contribution >= 4 is 22.6 Å². The minimum Gasteiger partial charge on any atom is -0.460 e. The molecule has 0 spiro atoms. The lowest BCUT2D eigenvalue weighted by Crippen LogP contribution is -2.37. The number of anilines is 1. The van der Waals surface area contributed by atoms with E-state index in [2.05, 4.69) is 23.3 Å². The Balaban J connectivity index is 1.33. The van der Waals surface area contributed by atoms with Crippen molar-refractivity contribution < 1.29 is 9.21 Å². The molecule has 1 aliphatic heterocycles. The summed E-state index contributed by atoms with van der Waals surface area (Å²) >= 11 is 0. The van der Waals surface area contributed by atoms with Gasteiger partial charge in [0.25, 0.3) is 5.91 Å². The van der Waals surface area contributed by atoms with Crippen LogP contribution in [0.15, 0.2) is 28.8 Å². The zero-order valence-corrected chi connectivity index (χ0v) is 17.5. The molecule has 30 heavy (non-hydrogen) atoms. The SMILES string of the molecule is Cc1oc2cccc(NC3(C)CC3)c2c1C(=O)N1CCc2nc(C3CC3)ncc2C1. The highest BCUT2D eigenvalue weighted by atomic mass is 16.3. The number of aryl methyl sites for hydroxylation is 1. The van der Waals surface area contributed by atoms with E-state index < -0.39 is 0 Å². The zero-order valence-electron chi connectivity index (χ0n) is 17.5. The van der Waals surface area contributed by atoms with Gasteiger partial charge >= 0.3 is 0 Å². The fourth-order valence-corrected chi connectivity index (χ4v) is 4.47. The Morgan fingerprint density at radius 2 is 2.13 bits per heavy atom. The van der Waals surface area contributed by atoms with E-state index in [-0.39, 0.29) is 11.4 Å². The molecule has 6 nitrogen and oxygen atoms in total. The topological polar surface area (TPSA) is 71.3 Å². The van der Waals surface area contributed by atoms with Crippen molar-refractivity contribution in [3.8, 4) is 0 Å². The second-order valence-corrected chi connectivity index (χ2v) is 9.35. The van der Waals surface area contributed by atoms with Gasteiger partial charge in [-0.25, -0.2) is 9.97 Å². The molecule has 154 valence electrons. The number of rotatable bonds is 4. The molecule has 3 aliphatic rings. The maximum absolute atomic E-state index is 13.6. The molecular formula is C24H26N4O2. The van der Waals surface area contributed by atoms with Crippen molar-refractivity contribution in [3.05, 3.63) is 52.8 Å². The van der Waals surface area contributed by atoms with E-state index in [0.717, 1.165) is 53.0 Å². The van der Waals surface area contributed by atoms with Crippen LogP contribution in [0.5, 0.6) is 0 Å². The van der Waals surface area contributed by atoms with Gasteiger partial charge in [0, 0.05) is 48.4 Å². The van der Waals surface area contributed by atoms with Gasteiger partial charge in [-0.2, -0.15) is 0 Å². The number of carbonyl (C=O) groups excluding carboxylic acids is 1. The average Bonchev–Trinajstić information content (AvgIpc) is 3.66. The van der Waals surface area contributed by atoms with Crippen LogP contribution < -0.4 is 5.32 Å². The first kappa shape index (κ1) is 17.9. The van der Waals surface area contributed by atoms with E-state index >= 15 is 0 Å². The fraction of sp³-hybridized carbons (Fsp3) is 0.458. The Hall–Kier alpha value is -2.89. The number of furan rings is 1. The summed E-state index contributed by atoms with van der Waals surface area (Å²) in [7, 11) is 0. The predicted octanol–water partition coefficient (Wildman–Crippen LogP) is 4.57. The fourth-order valence-electron chi connectivity index (χ4n) is 4.47. The molecule has 0 bridgehead atoms. The molecular weight excluding hydrogens is 376 g/mol. The molecule has 1 aromatic carbocycles. The van der Waals surface area contributed by atoms with E-state index in [0.29, 0.717) is 30.3 Å². The monoisotopic (exact) mass is 402 g/mol. The summed E-state index contributed by atoms with van der Waals surface area (Å²) in [5.74, 6) is 2.23. The molecule has 0 saturated heterocycles. The van der Waals surface area contributed by atoms with E-state index in [4.69, 9.17) is 9.40 Å². The van der Waals surface area contributed by atoms with Gasteiger partial charge in [-0.3, -0.25) is 4.79 Å². The third kappa shape index (κ3) is 2.97. The van der Waals surface area contributed by atoms with Crippen molar-refractivity contribution in [3.63, 3.8) is 0 Å². The Morgan fingerprint density at radius 1 is 1.30 bits per heavy atom. The predicted molar refractivity (Wildman–Crippen MR) is 115 cm³/mol. The van der Waals surface area contributed by atoms with Crippen molar-refractivity contribution in [2.24, 2.45) is 0 Å². The number of benzene rings is 1. The summed E-state index contributed by atoms with van der Waals surface area (Å²) in [4.78, 5) is 24.9. The van der Waals surface area contributed by atoms with Crippen LogP contribution in [0.25, 0.3) is 11.0 Å². The highest BCUT2D eigenvalue weighted by Crippen LogP contribution is 2.42. The molecule has 3 heterocycles. The molecule has 6 rings (SSSR count). The van der Waals surface area contributed by atoms with Gasteiger partial charge in [-0.15, -0.1) is 0 Å². The van der Waals surface area contributed by atoms with Crippen molar-refractivity contribution in [1.82, 2.24) is 14.9 Å². The molecule has 0 atom stereocenters. The quantitative estimate of drug-likeness (QED) is 0.692. The van der Waals surface area contributed by atoms with Gasteiger partial charge in [-0.05, 0) is 51.7 Å². The number of hydrogen-bond acceptors (Lipinski definition) is 5. The molecule has 1 amide bonds. The molecule has 2 saturated carbocycles. The van der Waals surface area contributed by atoms with Crippen LogP contribution in [0.3, 0.4) is 0 Å². The van der Waals surface area contributed by atoms with Crippen LogP contribution in [0.1, 0.15) is 71.7 Å². The van der Waals surface area contributed by atoms with Crippen LogP contribution in [0.4, 0.5) is 5.69 Å². The van der Waals surface area contributed by atoms with Gasteiger partial charge in [0.15, 0.2) is 0 Å². The number of amides is 1. The van der Waals surface area contributed by atoms with Crippen LogP contribution in [-0.2, 0) is 13.0 Å². The van der Waals surface area contributed by atoms with E-state index in [1.807, 2.05) is 30.2 Å². The van der Waals surface area contributed by atoms with Crippen LogP contribution in [-0.4, -0.2) is 32.9 Å². The van der Waals surface area contributed by atoms with Crippen LogP contribution in [0, 0.1) is 6.92 Å². The number of nitrogens with zero attached hydrogens (tertiary/aromatic N) is 3. The summed E-state index contributed by atoms with van der Waals surface area (Å²) in [6, 6.07) is 5.98. The normalized spacial score (nSPS) is 19.6. The molecule has 6 heteroatoms. The van der Waals surface area contributed by atoms with Crippen molar-refractivity contribution in [2.75, 3.05) is 11.9 Å². The summed E-state index contributed by atoms with van der Waals surface area (Å²) in [6.45, 7) is 5.33. The van der Waals surface area contributed by atoms with Gasteiger partial charge < -0.3 is 14.6 Å². The maximum Gasteiger partial charge on any atom is 0.258 e. The molecule has 2 aromatic heterocycles. The first-order valence-electron chi connectivity index (χ1n) is 10.9. The molecule has 3 aromatic rings. The third-order valence-corrected chi connectivity index (χ3v) is 6.72. The van der Waals surface area contributed by atoms with Crippen molar-refractivity contribution in [2.45, 2.75) is 64.0 Å². The number of carbonyl (C=O) groups is 1. The Kier molecular flexibility index (Phi) is 3.77. The lowest BCUT2D eigenvalue weighted by atomic mass is 10.0. The van der Waals surface area contributed by atoms with Gasteiger partial charge in [0.05, 0.1) is 16.6 Å². The smallest absolute Gasteiger partial charge is 0.258 e. The summed E-state index contributed by atoms with van der Waals surface area (Å²) < 4.78 is 5.99. The van der Waals surface area contributed by atoms with Gasteiger partial charge in [0.1, 0.15) is 17.2 Å². The van der Waals surface area contributed by atoms with Crippen molar-refractivity contribution in [1.29, 1.82) is 0 Å². The Morgan fingerprint density at radius 3 is 2.90 bits per heavy atom. The van der Waals surface area contributed by atoms with Crippen LogP contribution in [0.2, 0.25) is 0 Å². The Bertz CT molecular complexity index is 1170. The van der Waals surface area contributed by atoms with Gasteiger partial charge in [-0.1, -0.05) is 6.07 Å². The minimum atomic E-state index is 0.0263. The third-order valence-electron chi connectivity index (χ3n) is 6.72. The van der Waals surface area contributed by atoms with E-state index in [9.17, 15) is 4.79 Å². The lowest BCUT2D eigenvalue weighted by Gasteiger charge is -2.28. The number of hydrogen-bond donors (Lipinski definition) is 1. The zero-order chi connectivity index (χ0) is 20.5. The first-order valence-corrected chi connectivity index (χ1v) is 10.9. The molecule has 2 fully saturated rings. The highest BCUT2D eigenvalue weighted by Gasteiger charge is 2.38. The van der Waals surface area contributed by atoms with Crippen LogP contribution >= 0.6 is 0 Å². The minimum absolute atomic E-state index is 0.0263. The standard InChI is InChI=1S/C24H26N4O2/c1-14-20(21-18(27-24(2)9-10-24)4-3-5-19(21)30-14)23(29)28-11-8-17-16(13-28)12-25-22(26-17)15-6-7-15/h3-5,12,15,27H,6-11,13H2,1-2H3. The summed E-state index contributed by atoms with van der Waals surface area (Å²) in [5.41, 5.74) is 4.72. The number of fused-ring (bicyclic) bond motifs is 2. The second kappa shape index (κ2) is 6.30.